The van der Waals surface area contributed by atoms with Gasteiger partial charge in [0.05, 0.1) is 25.7 Å². The number of unbranched alkanes of at least 4 members (excludes halogenated alkanes) is 2. The Morgan fingerprint density at radius 2 is 1.96 bits per heavy atom. The molecule has 0 bridgehead atoms. The van der Waals surface area contributed by atoms with E-state index in [4.69, 9.17) is 4.74 Å². The van der Waals surface area contributed by atoms with E-state index in [-0.39, 0.29) is 23.8 Å². The number of nitrogens with one attached hydrogen (secondary N) is 1. The Hall–Kier alpha value is -1.14. The van der Waals surface area contributed by atoms with Gasteiger partial charge in [0, 0.05) is 25.7 Å². The highest BCUT2D eigenvalue weighted by Crippen LogP contribution is 2.19. The lowest BCUT2D eigenvalue weighted by Gasteiger charge is -2.36. The molecule has 2 heterocycles. The lowest BCUT2D eigenvalue weighted by Crippen LogP contribution is -2.50. The molecule has 0 radical (unpaired) electrons. The largest absolute Gasteiger partial charge is 0.378 e. The van der Waals surface area contributed by atoms with Crippen LogP contribution in [0.15, 0.2) is 0 Å². The predicted octanol–water partition coefficient (Wildman–Crippen LogP) is 1.64. The molecule has 2 amide bonds. The standard InChI is InChI=1S/C19H35N3O3/c1-3-4-5-7-16(2)20-18(23)15-21-9-6-8-17(14-21)19(24)22-10-12-25-13-11-22/h16-17H,3-15H2,1-2H3,(H,20,23). The van der Waals surface area contributed by atoms with Gasteiger partial charge in [-0.25, -0.2) is 0 Å². The summed E-state index contributed by atoms with van der Waals surface area (Å²) in [6.45, 7) is 8.96. The molecule has 0 spiro atoms. The first kappa shape index (κ1) is 20.2. The highest BCUT2D eigenvalue weighted by Gasteiger charge is 2.30. The van der Waals surface area contributed by atoms with Crippen molar-refractivity contribution >= 4 is 11.8 Å². The molecule has 2 aliphatic heterocycles. The van der Waals surface area contributed by atoms with Crippen LogP contribution >= 0.6 is 0 Å². The van der Waals surface area contributed by atoms with Crippen LogP contribution < -0.4 is 5.32 Å². The van der Waals surface area contributed by atoms with Gasteiger partial charge < -0.3 is 15.0 Å². The second-order valence-electron chi connectivity index (χ2n) is 7.48. The van der Waals surface area contributed by atoms with Gasteiger partial charge in [0.1, 0.15) is 0 Å². The van der Waals surface area contributed by atoms with Crippen molar-refractivity contribution in [1.29, 1.82) is 0 Å². The van der Waals surface area contributed by atoms with Gasteiger partial charge in [-0.2, -0.15) is 0 Å². The zero-order chi connectivity index (χ0) is 18.1. The van der Waals surface area contributed by atoms with Crippen molar-refractivity contribution in [2.75, 3.05) is 45.9 Å². The normalized spacial score (nSPS) is 23.3. The monoisotopic (exact) mass is 353 g/mol. The highest BCUT2D eigenvalue weighted by molar-refractivity contribution is 5.80. The fourth-order valence-corrected chi connectivity index (χ4v) is 3.74. The molecule has 2 rings (SSSR count). The van der Waals surface area contributed by atoms with Crippen LogP contribution in [0, 0.1) is 5.92 Å². The van der Waals surface area contributed by atoms with E-state index in [1.807, 2.05) is 4.90 Å². The molecule has 6 heteroatoms. The molecular formula is C19H35N3O3. The summed E-state index contributed by atoms with van der Waals surface area (Å²) in [5.74, 6) is 0.353. The van der Waals surface area contributed by atoms with Gasteiger partial charge in [-0.3, -0.25) is 14.5 Å². The summed E-state index contributed by atoms with van der Waals surface area (Å²) in [5, 5.41) is 3.10. The van der Waals surface area contributed by atoms with Gasteiger partial charge in [-0.1, -0.05) is 26.2 Å². The van der Waals surface area contributed by atoms with Crippen LogP contribution in [0.5, 0.6) is 0 Å². The topological polar surface area (TPSA) is 61.9 Å². The fourth-order valence-electron chi connectivity index (χ4n) is 3.74. The summed E-state index contributed by atoms with van der Waals surface area (Å²) in [5.41, 5.74) is 0. The summed E-state index contributed by atoms with van der Waals surface area (Å²) in [4.78, 5) is 29.0. The summed E-state index contributed by atoms with van der Waals surface area (Å²) in [6, 6.07) is 0.231. The van der Waals surface area contributed by atoms with E-state index in [0.717, 1.165) is 32.2 Å². The third kappa shape index (κ3) is 6.94. The van der Waals surface area contributed by atoms with Crippen molar-refractivity contribution in [2.45, 2.75) is 58.4 Å². The second-order valence-corrected chi connectivity index (χ2v) is 7.48. The molecule has 0 aliphatic carbocycles. The van der Waals surface area contributed by atoms with Crippen molar-refractivity contribution in [3.63, 3.8) is 0 Å². The molecule has 2 aliphatic rings. The Labute approximate surface area is 152 Å². The molecule has 2 unspecified atom stereocenters. The van der Waals surface area contributed by atoms with Gasteiger partial charge in [0.25, 0.3) is 0 Å². The van der Waals surface area contributed by atoms with E-state index in [0.29, 0.717) is 39.4 Å². The minimum Gasteiger partial charge on any atom is -0.378 e. The quantitative estimate of drug-likeness (QED) is 0.674. The first-order valence-electron chi connectivity index (χ1n) is 9.98. The summed E-state index contributed by atoms with van der Waals surface area (Å²) in [7, 11) is 0. The number of nitrogens with zero attached hydrogens (tertiary/aromatic N) is 2. The lowest BCUT2D eigenvalue weighted by atomic mass is 9.96. The number of rotatable bonds is 8. The maximum absolute atomic E-state index is 12.7. The van der Waals surface area contributed by atoms with E-state index in [1.165, 1.54) is 12.8 Å². The molecule has 25 heavy (non-hydrogen) atoms. The maximum Gasteiger partial charge on any atom is 0.234 e. The number of amides is 2. The minimum absolute atomic E-state index is 0.0293. The Morgan fingerprint density at radius 3 is 2.68 bits per heavy atom. The minimum atomic E-state index is 0.0293. The van der Waals surface area contributed by atoms with Crippen LogP contribution in [0.3, 0.4) is 0 Å². The van der Waals surface area contributed by atoms with Crippen molar-refractivity contribution in [3.8, 4) is 0 Å². The Bertz CT molecular complexity index is 424. The number of morpholine rings is 1. The Morgan fingerprint density at radius 1 is 1.20 bits per heavy atom. The predicted molar refractivity (Wildman–Crippen MR) is 98.3 cm³/mol. The first-order chi connectivity index (χ1) is 12.1. The summed E-state index contributed by atoms with van der Waals surface area (Å²) >= 11 is 0. The zero-order valence-electron chi connectivity index (χ0n) is 16.0. The molecule has 2 fully saturated rings. The summed E-state index contributed by atoms with van der Waals surface area (Å²) < 4.78 is 5.33. The Kier molecular flexibility index (Phi) is 8.68. The third-order valence-corrected chi connectivity index (χ3v) is 5.19. The number of ether oxygens (including phenoxy) is 1. The van der Waals surface area contributed by atoms with Crippen LogP contribution in [0.2, 0.25) is 0 Å². The first-order valence-corrected chi connectivity index (χ1v) is 9.98. The number of carbonyl (C=O) groups is 2. The van der Waals surface area contributed by atoms with Crippen molar-refractivity contribution < 1.29 is 14.3 Å². The molecule has 144 valence electrons. The molecule has 6 nitrogen and oxygen atoms in total. The molecule has 0 saturated carbocycles. The summed E-state index contributed by atoms with van der Waals surface area (Å²) in [6.07, 6.45) is 6.54. The Balaban J connectivity index is 1.72. The van der Waals surface area contributed by atoms with Crippen LogP contribution in [-0.4, -0.2) is 73.6 Å². The van der Waals surface area contributed by atoms with Crippen LogP contribution in [-0.2, 0) is 14.3 Å². The van der Waals surface area contributed by atoms with E-state index >= 15 is 0 Å². The second kappa shape index (κ2) is 10.8. The molecule has 0 aromatic heterocycles. The zero-order valence-corrected chi connectivity index (χ0v) is 16.0. The fraction of sp³-hybridized carbons (Fsp3) is 0.895. The van der Waals surface area contributed by atoms with Crippen molar-refractivity contribution in [2.24, 2.45) is 5.92 Å². The number of hydrogen-bond acceptors (Lipinski definition) is 4. The number of carbonyl (C=O) groups excluding carboxylic acids is 2. The van der Waals surface area contributed by atoms with Gasteiger partial charge in [-0.15, -0.1) is 0 Å². The number of hydrogen-bond donors (Lipinski definition) is 1. The highest BCUT2D eigenvalue weighted by atomic mass is 16.5. The molecule has 0 aromatic carbocycles. The molecular weight excluding hydrogens is 318 g/mol. The van der Waals surface area contributed by atoms with E-state index in [9.17, 15) is 9.59 Å². The molecule has 2 atom stereocenters. The van der Waals surface area contributed by atoms with Crippen LogP contribution in [0.1, 0.15) is 52.4 Å². The SMILES string of the molecule is CCCCCC(C)NC(=O)CN1CCCC(C(=O)N2CCOCC2)C1. The van der Waals surface area contributed by atoms with Crippen LogP contribution in [0.4, 0.5) is 0 Å². The maximum atomic E-state index is 12.7. The number of piperidine rings is 1. The third-order valence-electron chi connectivity index (χ3n) is 5.19. The van der Waals surface area contributed by atoms with Gasteiger partial charge in [-0.05, 0) is 32.7 Å². The van der Waals surface area contributed by atoms with E-state index < -0.39 is 0 Å². The van der Waals surface area contributed by atoms with Crippen LogP contribution in [0.25, 0.3) is 0 Å². The number of likely N-dealkylation sites (tertiary alicyclic amines) is 1. The van der Waals surface area contributed by atoms with E-state index in [1.54, 1.807) is 0 Å². The van der Waals surface area contributed by atoms with Crippen molar-refractivity contribution in [1.82, 2.24) is 15.1 Å². The van der Waals surface area contributed by atoms with Crippen molar-refractivity contribution in [3.05, 3.63) is 0 Å². The lowest BCUT2D eigenvalue weighted by molar-refractivity contribution is -0.142. The molecule has 2 saturated heterocycles. The molecule has 1 N–H and O–H groups in total. The van der Waals surface area contributed by atoms with Gasteiger partial charge in [0.2, 0.25) is 11.8 Å². The van der Waals surface area contributed by atoms with Gasteiger partial charge in [0.15, 0.2) is 0 Å². The smallest absolute Gasteiger partial charge is 0.234 e. The average Bonchev–Trinajstić information content (AvgIpc) is 2.62. The van der Waals surface area contributed by atoms with E-state index in [2.05, 4.69) is 24.1 Å². The molecule has 0 aromatic rings. The van der Waals surface area contributed by atoms with Gasteiger partial charge >= 0.3 is 0 Å². The average molecular weight is 354 g/mol.